The van der Waals surface area contributed by atoms with Crippen LogP contribution in [0.2, 0.25) is 0 Å². The lowest BCUT2D eigenvalue weighted by molar-refractivity contribution is 0.0845. The van der Waals surface area contributed by atoms with Crippen molar-refractivity contribution < 1.29 is 5.11 Å². The summed E-state index contributed by atoms with van der Waals surface area (Å²) in [7, 11) is 0. The van der Waals surface area contributed by atoms with Gasteiger partial charge >= 0.3 is 0 Å². The third kappa shape index (κ3) is 3.79. The summed E-state index contributed by atoms with van der Waals surface area (Å²) in [4.78, 5) is 0. The molecule has 0 aliphatic heterocycles. The standard InChI is InChI=1S/C12H20BrN3O/c1-9(7-16-8-10(13)6-14-16)15-11-4-2-3-5-12(11)17/h6,8-9,11-12,15,17H,2-5,7H2,1H3. The van der Waals surface area contributed by atoms with Crippen molar-refractivity contribution in [1.82, 2.24) is 15.1 Å². The van der Waals surface area contributed by atoms with E-state index in [0.717, 1.165) is 30.3 Å². The van der Waals surface area contributed by atoms with E-state index in [9.17, 15) is 5.11 Å². The van der Waals surface area contributed by atoms with Crippen LogP contribution in [-0.2, 0) is 6.54 Å². The van der Waals surface area contributed by atoms with Crippen LogP contribution in [0.4, 0.5) is 0 Å². The number of rotatable bonds is 4. The van der Waals surface area contributed by atoms with Crippen molar-refractivity contribution in [3.63, 3.8) is 0 Å². The number of hydrogen-bond donors (Lipinski definition) is 2. The molecule has 1 aliphatic carbocycles. The van der Waals surface area contributed by atoms with Crippen molar-refractivity contribution in [2.24, 2.45) is 0 Å². The van der Waals surface area contributed by atoms with Crippen LogP contribution in [0.5, 0.6) is 0 Å². The van der Waals surface area contributed by atoms with E-state index in [1.54, 1.807) is 6.20 Å². The third-order valence-corrected chi connectivity index (χ3v) is 3.70. The smallest absolute Gasteiger partial charge is 0.0693 e. The fourth-order valence-electron chi connectivity index (χ4n) is 2.44. The summed E-state index contributed by atoms with van der Waals surface area (Å²) >= 11 is 3.39. The summed E-state index contributed by atoms with van der Waals surface area (Å²) in [6, 6.07) is 0.567. The average molecular weight is 302 g/mol. The number of aliphatic hydroxyl groups excluding tert-OH is 1. The molecular weight excluding hydrogens is 282 g/mol. The highest BCUT2D eigenvalue weighted by Gasteiger charge is 2.23. The molecule has 1 aromatic heterocycles. The van der Waals surface area contributed by atoms with Gasteiger partial charge in [0.15, 0.2) is 0 Å². The molecule has 0 saturated heterocycles. The number of halogens is 1. The van der Waals surface area contributed by atoms with Gasteiger partial charge in [0, 0.05) is 18.3 Å². The molecule has 1 saturated carbocycles. The van der Waals surface area contributed by atoms with Gasteiger partial charge in [-0.25, -0.2) is 0 Å². The molecule has 3 unspecified atom stereocenters. The molecule has 96 valence electrons. The number of aromatic nitrogens is 2. The monoisotopic (exact) mass is 301 g/mol. The number of nitrogens with zero attached hydrogens (tertiary/aromatic N) is 2. The Kier molecular flexibility index (Phi) is 4.59. The Morgan fingerprint density at radius 1 is 1.59 bits per heavy atom. The van der Waals surface area contributed by atoms with Crippen molar-refractivity contribution >= 4 is 15.9 Å². The Labute approximate surface area is 111 Å². The van der Waals surface area contributed by atoms with Crippen molar-refractivity contribution in [3.8, 4) is 0 Å². The molecule has 0 spiro atoms. The molecule has 1 aliphatic rings. The van der Waals surface area contributed by atoms with E-state index in [-0.39, 0.29) is 12.1 Å². The van der Waals surface area contributed by atoms with Gasteiger partial charge in [-0.2, -0.15) is 5.10 Å². The quantitative estimate of drug-likeness (QED) is 0.893. The van der Waals surface area contributed by atoms with Gasteiger partial charge in [-0.1, -0.05) is 12.8 Å². The summed E-state index contributed by atoms with van der Waals surface area (Å²) in [6.07, 6.45) is 7.95. The highest BCUT2D eigenvalue weighted by atomic mass is 79.9. The van der Waals surface area contributed by atoms with Gasteiger partial charge in [0.1, 0.15) is 0 Å². The Balaban J connectivity index is 1.82. The van der Waals surface area contributed by atoms with Crippen LogP contribution in [-0.4, -0.2) is 33.1 Å². The normalized spacial score (nSPS) is 27.0. The van der Waals surface area contributed by atoms with E-state index >= 15 is 0 Å². The molecule has 1 heterocycles. The Morgan fingerprint density at radius 3 is 3.00 bits per heavy atom. The van der Waals surface area contributed by atoms with Crippen LogP contribution < -0.4 is 5.32 Å². The Bertz CT molecular complexity index is 355. The number of aliphatic hydroxyl groups is 1. The molecule has 4 nitrogen and oxygen atoms in total. The SMILES string of the molecule is CC(Cn1cc(Br)cn1)NC1CCCCC1O. The number of hydrogen-bond acceptors (Lipinski definition) is 3. The minimum absolute atomic E-state index is 0.185. The minimum atomic E-state index is -0.185. The van der Waals surface area contributed by atoms with Crippen LogP contribution in [0, 0.1) is 0 Å². The van der Waals surface area contributed by atoms with Crippen molar-refractivity contribution in [3.05, 3.63) is 16.9 Å². The molecule has 0 bridgehead atoms. The van der Waals surface area contributed by atoms with Gasteiger partial charge < -0.3 is 10.4 Å². The molecule has 0 amide bonds. The van der Waals surface area contributed by atoms with Crippen LogP contribution >= 0.6 is 15.9 Å². The first kappa shape index (κ1) is 13.1. The van der Waals surface area contributed by atoms with E-state index in [4.69, 9.17) is 0 Å². The first-order valence-corrected chi connectivity index (χ1v) is 7.06. The zero-order valence-electron chi connectivity index (χ0n) is 10.1. The van der Waals surface area contributed by atoms with E-state index in [1.807, 2.05) is 10.9 Å². The predicted octanol–water partition coefficient (Wildman–Crippen LogP) is 1.93. The van der Waals surface area contributed by atoms with Crippen molar-refractivity contribution in [2.75, 3.05) is 0 Å². The molecule has 1 aromatic rings. The highest BCUT2D eigenvalue weighted by Crippen LogP contribution is 2.19. The average Bonchev–Trinajstić information content (AvgIpc) is 2.67. The fraction of sp³-hybridized carbons (Fsp3) is 0.750. The first-order valence-electron chi connectivity index (χ1n) is 6.27. The van der Waals surface area contributed by atoms with Gasteiger partial charge in [-0.3, -0.25) is 4.68 Å². The summed E-state index contributed by atoms with van der Waals surface area (Å²) in [5, 5.41) is 17.6. The molecule has 3 atom stereocenters. The Hall–Kier alpha value is -0.390. The number of nitrogens with one attached hydrogen (secondary N) is 1. The second kappa shape index (κ2) is 5.98. The zero-order chi connectivity index (χ0) is 12.3. The predicted molar refractivity (Wildman–Crippen MR) is 70.8 cm³/mol. The maximum atomic E-state index is 9.90. The highest BCUT2D eigenvalue weighted by molar-refractivity contribution is 9.10. The molecule has 5 heteroatoms. The second-order valence-corrected chi connectivity index (χ2v) is 5.82. The fourth-order valence-corrected chi connectivity index (χ4v) is 2.77. The molecule has 1 fully saturated rings. The van der Waals surface area contributed by atoms with Crippen LogP contribution in [0.3, 0.4) is 0 Å². The molecule has 2 N–H and O–H groups in total. The maximum absolute atomic E-state index is 9.90. The van der Waals surface area contributed by atoms with Crippen molar-refractivity contribution in [1.29, 1.82) is 0 Å². The lowest BCUT2D eigenvalue weighted by Crippen LogP contribution is -2.47. The lowest BCUT2D eigenvalue weighted by Gasteiger charge is -2.31. The van der Waals surface area contributed by atoms with Gasteiger partial charge in [0.05, 0.1) is 23.3 Å². The van der Waals surface area contributed by atoms with Crippen molar-refractivity contribution in [2.45, 2.75) is 57.3 Å². The Morgan fingerprint density at radius 2 is 2.35 bits per heavy atom. The van der Waals surface area contributed by atoms with Crippen LogP contribution in [0.25, 0.3) is 0 Å². The van der Waals surface area contributed by atoms with Crippen LogP contribution in [0.15, 0.2) is 16.9 Å². The molecule has 0 radical (unpaired) electrons. The van der Waals surface area contributed by atoms with Crippen LogP contribution in [0.1, 0.15) is 32.6 Å². The minimum Gasteiger partial charge on any atom is -0.392 e. The van der Waals surface area contributed by atoms with Gasteiger partial charge in [0.2, 0.25) is 0 Å². The summed E-state index contributed by atoms with van der Waals surface area (Å²) < 4.78 is 2.92. The summed E-state index contributed by atoms with van der Waals surface area (Å²) in [5.74, 6) is 0. The lowest BCUT2D eigenvalue weighted by atomic mass is 9.92. The largest absolute Gasteiger partial charge is 0.392 e. The second-order valence-electron chi connectivity index (χ2n) is 4.91. The van der Waals surface area contributed by atoms with Gasteiger partial charge in [-0.05, 0) is 35.7 Å². The molecule has 0 aromatic carbocycles. The van der Waals surface area contributed by atoms with E-state index in [0.29, 0.717) is 6.04 Å². The summed E-state index contributed by atoms with van der Waals surface area (Å²) in [6.45, 7) is 2.96. The summed E-state index contributed by atoms with van der Waals surface area (Å²) in [5.41, 5.74) is 0. The molecular formula is C12H20BrN3O. The zero-order valence-corrected chi connectivity index (χ0v) is 11.7. The van der Waals surface area contributed by atoms with Gasteiger partial charge in [-0.15, -0.1) is 0 Å². The van der Waals surface area contributed by atoms with Gasteiger partial charge in [0.25, 0.3) is 0 Å². The van der Waals surface area contributed by atoms with E-state index in [1.165, 1.54) is 6.42 Å². The topological polar surface area (TPSA) is 50.1 Å². The molecule has 17 heavy (non-hydrogen) atoms. The third-order valence-electron chi connectivity index (χ3n) is 3.29. The maximum Gasteiger partial charge on any atom is 0.0693 e. The van der Waals surface area contributed by atoms with E-state index in [2.05, 4.69) is 33.3 Å². The van der Waals surface area contributed by atoms with E-state index < -0.39 is 0 Å². The first-order chi connectivity index (χ1) is 8.15. The molecule has 2 rings (SSSR count).